The van der Waals surface area contributed by atoms with Crippen LogP contribution in [0.5, 0.6) is 0 Å². The van der Waals surface area contributed by atoms with Crippen molar-refractivity contribution < 1.29 is 13.3 Å². The van der Waals surface area contributed by atoms with Gasteiger partial charge in [0.2, 0.25) is 0 Å². The Balaban J connectivity index is 2.99. The van der Waals surface area contributed by atoms with E-state index in [9.17, 15) is 0 Å². The molecule has 1 unspecified atom stereocenters. The fourth-order valence-electron chi connectivity index (χ4n) is 1.77. The average Bonchev–Trinajstić information content (AvgIpc) is 2.39. The van der Waals surface area contributed by atoms with Gasteiger partial charge in [0.1, 0.15) is 5.00 Å². The van der Waals surface area contributed by atoms with Crippen molar-refractivity contribution in [3.05, 3.63) is 35.9 Å². The van der Waals surface area contributed by atoms with Crippen LogP contribution in [0.3, 0.4) is 0 Å². The highest BCUT2D eigenvalue weighted by molar-refractivity contribution is 6.71. The summed E-state index contributed by atoms with van der Waals surface area (Å²) in [4.78, 5) is 0. The molecule has 0 aliphatic carbocycles. The van der Waals surface area contributed by atoms with E-state index in [0.717, 1.165) is 5.56 Å². The van der Waals surface area contributed by atoms with Gasteiger partial charge in [0.25, 0.3) is 0 Å². The zero-order chi connectivity index (χ0) is 13.4. The Morgan fingerprint density at radius 3 is 1.78 bits per heavy atom. The molecule has 102 valence electrons. The van der Waals surface area contributed by atoms with Crippen molar-refractivity contribution in [2.45, 2.75) is 25.8 Å². The SMILES string of the molecule is CCO[Si](OCC)(OCC)C(Cl)c1ccccc1. The van der Waals surface area contributed by atoms with Crippen LogP contribution in [-0.4, -0.2) is 28.6 Å². The van der Waals surface area contributed by atoms with Gasteiger partial charge in [-0.25, -0.2) is 0 Å². The molecule has 0 aliphatic rings. The topological polar surface area (TPSA) is 27.7 Å². The second kappa shape index (κ2) is 7.91. The number of alkyl halides is 1. The predicted molar refractivity (Wildman–Crippen MR) is 75.7 cm³/mol. The van der Waals surface area contributed by atoms with E-state index >= 15 is 0 Å². The molecule has 5 heteroatoms. The molecule has 1 atom stereocenters. The van der Waals surface area contributed by atoms with Gasteiger partial charge in [-0.3, -0.25) is 0 Å². The van der Waals surface area contributed by atoms with Crippen molar-refractivity contribution in [3.63, 3.8) is 0 Å². The smallest absolute Gasteiger partial charge is 0.373 e. The molecule has 0 saturated heterocycles. The quantitative estimate of drug-likeness (QED) is 0.541. The Labute approximate surface area is 115 Å². The van der Waals surface area contributed by atoms with Crippen LogP contribution in [0.4, 0.5) is 0 Å². The van der Waals surface area contributed by atoms with Crippen LogP contribution in [0, 0.1) is 0 Å². The molecule has 0 amide bonds. The van der Waals surface area contributed by atoms with Gasteiger partial charge < -0.3 is 13.3 Å². The minimum absolute atomic E-state index is 0.376. The molecule has 3 nitrogen and oxygen atoms in total. The van der Waals surface area contributed by atoms with Crippen LogP contribution >= 0.6 is 11.6 Å². The minimum Gasteiger partial charge on any atom is -0.373 e. The Bertz CT molecular complexity index is 317. The maximum Gasteiger partial charge on any atom is 0.524 e. The molecular formula is C13H21ClO3Si. The van der Waals surface area contributed by atoms with Crippen LogP contribution in [0.1, 0.15) is 31.3 Å². The van der Waals surface area contributed by atoms with Crippen LogP contribution in [0.25, 0.3) is 0 Å². The summed E-state index contributed by atoms with van der Waals surface area (Å²) in [6.45, 7) is 7.37. The Kier molecular flexibility index (Phi) is 6.89. The molecule has 0 fully saturated rings. The molecule has 0 heterocycles. The van der Waals surface area contributed by atoms with E-state index in [1.54, 1.807) is 0 Å². The first-order valence-corrected chi connectivity index (χ1v) is 8.54. The number of benzene rings is 1. The van der Waals surface area contributed by atoms with Gasteiger partial charge in [-0.15, -0.1) is 11.6 Å². The zero-order valence-electron chi connectivity index (χ0n) is 11.2. The lowest BCUT2D eigenvalue weighted by atomic mass is 10.2. The summed E-state index contributed by atoms with van der Waals surface area (Å²) >= 11 is 6.55. The average molecular weight is 289 g/mol. The predicted octanol–water partition coefficient (Wildman–Crippen LogP) is 3.55. The lowest BCUT2D eigenvalue weighted by molar-refractivity contribution is 0.0688. The highest BCUT2D eigenvalue weighted by atomic mass is 35.5. The van der Waals surface area contributed by atoms with Crippen molar-refractivity contribution in [3.8, 4) is 0 Å². The van der Waals surface area contributed by atoms with Crippen LogP contribution in [0.15, 0.2) is 30.3 Å². The van der Waals surface area contributed by atoms with Gasteiger partial charge in [0.15, 0.2) is 0 Å². The Morgan fingerprint density at radius 2 is 1.39 bits per heavy atom. The summed E-state index contributed by atoms with van der Waals surface area (Å²) in [6, 6.07) is 9.80. The molecular weight excluding hydrogens is 268 g/mol. The molecule has 1 rings (SSSR count). The summed E-state index contributed by atoms with van der Waals surface area (Å²) in [5.41, 5.74) is 0.973. The van der Waals surface area contributed by atoms with Crippen molar-refractivity contribution in [2.75, 3.05) is 19.8 Å². The third kappa shape index (κ3) is 3.80. The standard InChI is InChI=1S/C13H21ClO3Si/c1-4-15-18(16-5-2,17-6-3)13(14)12-10-8-7-9-11-12/h7-11,13H,4-6H2,1-3H3. The first-order valence-electron chi connectivity index (χ1n) is 6.31. The summed E-state index contributed by atoms with van der Waals surface area (Å²) in [5.74, 6) is 0. The van der Waals surface area contributed by atoms with Gasteiger partial charge in [-0.1, -0.05) is 30.3 Å². The van der Waals surface area contributed by atoms with E-state index in [-0.39, 0.29) is 5.00 Å². The summed E-state index contributed by atoms with van der Waals surface area (Å²) < 4.78 is 17.4. The van der Waals surface area contributed by atoms with Crippen molar-refractivity contribution in [1.82, 2.24) is 0 Å². The number of rotatable bonds is 8. The number of hydrogen-bond donors (Lipinski definition) is 0. The molecule has 0 aliphatic heterocycles. The molecule has 18 heavy (non-hydrogen) atoms. The third-order valence-corrected chi connectivity index (χ3v) is 6.52. The first-order chi connectivity index (χ1) is 8.70. The minimum atomic E-state index is -2.87. The normalized spacial score (nSPS) is 13.6. The maximum atomic E-state index is 6.55. The van der Waals surface area contributed by atoms with Gasteiger partial charge in [0, 0.05) is 19.8 Å². The lowest BCUT2D eigenvalue weighted by Crippen LogP contribution is -2.50. The monoisotopic (exact) mass is 288 g/mol. The highest BCUT2D eigenvalue weighted by Gasteiger charge is 2.49. The van der Waals surface area contributed by atoms with Crippen molar-refractivity contribution in [2.24, 2.45) is 0 Å². The summed E-state index contributed by atoms with van der Waals surface area (Å²) in [6.07, 6.45) is 0. The second-order valence-electron chi connectivity index (χ2n) is 3.68. The highest BCUT2D eigenvalue weighted by Crippen LogP contribution is 2.33. The largest absolute Gasteiger partial charge is 0.524 e. The fraction of sp³-hybridized carbons (Fsp3) is 0.538. The van der Waals surface area contributed by atoms with Crippen molar-refractivity contribution in [1.29, 1.82) is 0 Å². The van der Waals surface area contributed by atoms with E-state index in [4.69, 9.17) is 24.9 Å². The van der Waals surface area contributed by atoms with E-state index in [1.165, 1.54) is 0 Å². The lowest BCUT2D eigenvalue weighted by Gasteiger charge is -2.32. The Morgan fingerprint density at radius 1 is 0.944 bits per heavy atom. The van der Waals surface area contributed by atoms with E-state index in [1.807, 2.05) is 51.1 Å². The number of halogens is 1. The van der Waals surface area contributed by atoms with Crippen LogP contribution in [-0.2, 0) is 13.3 Å². The first kappa shape index (κ1) is 15.7. The molecule has 0 radical (unpaired) electrons. The van der Waals surface area contributed by atoms with E-state index in [2.05, 4.69) is 0 Å². The Hall–Kier alpha value is -0.393. The van der Waals surface area contributed by atoms with Gasteiger partial charge in [0.05, 0.1) is 0 Å². The maximum absolute atomic E-state index is 6.55. The number of hydrogen-bond acceptors (Lipinski definition) is 3. The van der Waals surface area contributed by atoms with E-state index in [0.29, 0.717) is 19.8 Å². The fourth-order valence-corrected chi connectivity index (χ4v) is 4.98. The molecule has 1 aromatic carbocycles. The second-order valence-corrected chi connectivity index (χ2v) is 7.13. The molecule has 0 spiro atoms. The van der Waals surface area contributed by atoms with Crippen molar-refractivity contribution >= 4 is 20.4 Å². The summed E-state index contributed by atoms with van der Waals surface area (Å²) in [7, 11) is -2.87. The molecule has 1 aromatic rings. The molecule has 0 aromatic heterocycles. The summed E-state index contributed by atoms with van der Waals surface area (Å²) in [5, 5.41) is -0.376. The van der Waals surface area contributed by atoms with Gasteiger partial charge in [-0.2, -0.15) is 0 Å². The zero-order valence-corrected chi connectivity index (χ0v) is 12.9. The van der Waals surface area contributed by atoms with Crippen LogP contribution in [0.2, 0.25) is 0 Å². The van der Waals surface area contributed by atoms with Gasteiger partial charge in [-0.05, 0) is 26.3 Å². The molecule has 0 bridgehead atoms. The third-order valence-electron chi connectivity index (χ3n) is 2.44. The molecule has 0 saturated carbocycles. The molecule has 0 N–H and O–H groups in total. The van der Waals surface area contributed by atoms with E-state index < -0.39 is 8.80 Å². The van der Waals surface area contributed by atoms with Gasteiger partial charge >= 0.3 is 8.80 Å². The van der Waals surface area contributed by atoms with Crippen LogP contribution < -0.4 is 0 Å².